The third-order valence-corrected chi connectivity index (χ3v) is 1.21. The Bertz CT molecular complexity index is 91.6. The minimum absolute atomic E-state index is 0.309. The van der Waals surface area contributed by atoms with Crippen molar-refractivity contribution in [3.63, 3.8) is 0 Å². The molecule has 62 valence electrons. The molecule has 0 heterocycles. The molecule has 0 aliphatic heterocycles. The minimum Gasteiger partial charge on any atom is -0.391 e. The smallest absolute Gasteiger partial charge is 0.0749 e. The fourth-order valence-electron chi connectivity index (χ4n) is 0.405. The molecule has 0 rings (SSSR count). The van der Waals surface area contributed by atoms with Crippen LogP contribution in [0.25, 0.3) is 0 Å². The van der Waals surface area contributed by atoms with Gasteiger partial charge in [-0.1, -0.05) is 0 Å². The predicted molar refractivity (Wildman–Crippen MR) is 40.8 cm³/mol. The lowest BCUT2D eigenvalue weighted by atomic mass is 10.1. The van der Waals surface area contributed by atoms with Gasteiger partial charge < -0.3 is 15.6 Å². The van der Waals surface area contributed by atoms with E-state index in [2.05, 4.69) is 0 Å². The molecule has 0 aromatic heterocycles. The highest BCUT2D eigenvalue weighted by Gasteiger charge is 2.15. The van der Waals surface area contributed by atoms with Crippen LogP contribution in [0.2, 0.25) is 0 Å². The summed E-state index contributed by atoms with van der Waals surface area (Å²) in [7, 11) is 0. The van der Waals surface area contributed by atoms with E-state index < -0.39 is 6.10 Å². The minimum atomic E-state index is -0.411. The Morgan fingerprint density at radius 2 is 2.10 bits per heavy atom. The largest absolute Gasteiger partial charge is 0.391 e. The lowest BCUT2D eigenvalue weighted by Crippen LogP contribution is -2.36. The first-order chi connectivity index (χ1) is 4.48. The summed E-state index contributed by atoms with van der Waals surface area (Å²) in [6.07, 6.45) is -0.411. The van der Waals surface area contributed by atoms with Gasteiger partial charge in [-0.25, -0.2) is 0 Å². The monoisotopic (exact) mass is 147 g/mol. The molecule has 0 saturated carbocycles. The molecule has 1 unspecified atom stereocenters. The Labute approximate surface area is 62.2 Å². The van der Waals surface area contributed by atoms with Crippen molar-refractivity contribution in [1.29, 1.82) is 0 Å². The van der Waals surface area contributed by atoms with Gasteiger partial charge in [0.15, 0.2) is 0 Å². The summed E-state index contributed by atoms with van der Waals surface area (Å²) < 4.78 is 5.27. The summed E-state index contributed by atoms with van der Waals surface area (Å²) in [5, 5.41) is 8.85. The van der Waals surface area contributed by atoms with E-state index in [0.29, 0.717) is 13.2 Å². The van der Waals surface area contributed by atoms with Crippen LogP contribution in [0, 0.1) is 0 Å². The molecule has 3 nitrogen and oxygen atoms in total. The number of nitrogens with two attached hydrogens (primary N) is 1. The van der Waals surface area contributed by atoms with E-state index in [-0.39, 0.29) is 5.60 Å². The SMILES string of the molecule is CC(O)COC(C)(C)CN. The highest BCUT2D eigenvalue weighted by atomic mass is 16.5. The van der Waals surface area contributed by atoms with Crippen LogP contribution in [0.4, 0.5) is 0 Å². The van der Waals surface area contributed by atoms with Crippen LogP contribution in [0.15, 0.2) is 0 Å². The van der Waals surface area contributed by atoms with Gasteiger partial charge in [0.05, 0.1) is 18.3 Å². The first-order valence-electron chi connectivity index (χ1n) is 3.50. The molecular formula is C7H17NO2. The van der Waals surface area contributed by atoms with Crippen LogP contribution in [-0.2, 0) is 4.74 Å². The zero-order chi connectivity index (χ0) is 8.20. The molecule has 0 aliphatic carbocycles. The molecule has 0 bridgehead atoms. The van der Waals surface area contributed by atoms with Crippen molar-refractivity contribution in [1.82, 2.24) is 0 Å². The molecule has 0 spiro atoms. The normalized spacial score (nSPS) is 15.3. The lowest BCUT2D eigenvalue weighted by molar-refractivity contribution is -0.0490. The van der Waals surface area contributed by atoms with Crippen molar-refractivity contribution < 1.29 is 9.84 Å². The summed E-state index contributed by atoms with van der Waals surface area (Å²) in [6, 6.07) is 0. The van der Waals surface area contributed by atoms with E-state index in [1.54, 1.807) is 6.92 Å². The van der Waals surface area contributed by atoms with E-state index in [1.165, 1.54) is 0 Å². The molecule has 3 N–H and O–H groups in total. The number of aliphatic hydroxyl groups excluding tert-OH is 1. The van der Waals surface area contributed by atoms with Crippen molar-refractivity contribution in [2.75, 3.05) is 13.2 Å². The predicted octanol–water partition coefficient (Wildman–Crippen LogP) is 0.121. The van der Waals surface area contributed by atoms with E-state index in [1.807, 2.05) is 13.8 Å². The average molecular weight is 147 g/mol. The fourth-order valence-corrected chi connectivity index (χ4v) is 0.405. The van der Waals surface area contributed by atoms with Gasteiger partial charge in [0.25, 0.3) is 0 Å². The van der Waals surface area contributed by atoms with Gasteiger partial charge in [-0.3, -0.25) is 0 Å². The maximum Gasteiger partial charge on any atom is 0.0749 e. The number of hydrogen-bond acceptors (Lipinski definition) is 3. The highest BCUT2D eigenvalue weighted by molar-refractivity contribution is 4.68. The van der Waals surface area contributed by atoms with Crippen molar-refractivity contribution in [3.05, 3.63) is 0 Å². The number of rotatable bonds is 4. The first-order valence-corrected chi connectivity index (χ1v) is 3.50. The quantitative estimate of drug-likeness (QED) is 0.594. The van der Waals surface area contributed by atoms with Crippen LogP contribution < -0.4 is 5.73 Å². The first kappa shape index (κ1) is 9.88. The summed E-state index contributed by atoms with van der Waals surface area (Å²) in [5.74, 6) is 0. The number of ether oxygens (including phenoxy) is 1. The molecule has 0 radical (unpaired) electrons. The van der Waals surface area contributed by atoms with Crippen molar-refractivity contribution in [3.8, 4) is 0 Å². The Balaban J connectivity index is 3.46. The van der Waals surface area contributed by atoms with Gasteiger partial charge >= 0.3 is 0 Å². The Kier molecular flexibility index (Phi) is 3.86. The average Bonchev–Trinajstić information content (AvgIpc) is 1.85. The molecule has 10 heavy (non-hydrogen) atoms. The Morgan fingerprint density at radius 3 is 2.40 bits per heavy atom. The number of aliphatic hydroxyl groups is 1. The topological polar surface area (TPSA) is 55.5 Å². The van der Waals surface area contributed by atoms with E-state index in [0.717, 1.165) is 0 Å². The molecule has 0 fully saturated rings. The van der Waals surface area contributed by atoms with Crippen molar-refractivity contribution in [2.45, 2.75) is 32.5 Å². The fraction of sp³-hybridized carbons (Fsp3) is 1.00. The van der Waals surface area contributed by atoms with Crippen molar-refractivity contribution >= 4 is 0 Å². The maximum absolute atomic E-state index is 8.85. The zero-order valence-electron chi connectivity index (χ0n) is 6.92. The van der Waals surface area contributed by atoms with Gasteiger partial charge in [0, 0.05) is 6.54 Å². The number of hydrogen-bond donors (Lipinski definition) is 2. The molecule has 0 aliphatic rings. The summed E-state index contributed by atoms with van der Waals surface area (Å²) in [6.45, 7) is 6.31. The maximum atomic E-state index is 8.85. The van der Waals surface area contributed by atoms with Crippen molar-refractivity contribution in [2.24, 2.45) is 5.73 Å². The molecule has 1 atom stereocenters. The second-order valence-corrected chi connectivity index (χ2v) is 3.12. The third-order valence-electron chi connectivity index (χ3n) is 1.21. The van der Waals surface area contributed by atoms with Crippen LogP contribution in [0.1, 0.15) is 20.8 Å². The van der Waals surface area contributed by atoms with Gasteiger partial charge in [-0.2, -0.15) is 0 Å². The van der Waals surface area contributed by atoms with E-state index >= 15 is 0 Å². The van der Waals surface area contributed by atoms with Crippen LogP contribution in [0.3, 0.4) is 0 Å². The van der Waals surface area contributed by atoms with Gasteiger partial charge in [-0.15, -0.1) is 0 Å². The highest BCUT2D eigenvalue weighted by Crippen LogP contribution is 2.06. The molecule has 0 aromatic carbocycles. The molecule has 0 saturated heterocycles. The van der Waals surface area contributed by atoms with Gasteiger partial charge in [0.2, 0.25) is 0 Å². The Morgan fingerprint density at radius 1 is 1.60 bits per heavy atom. The zero-order valence-corrected chi connectivity index (χ0v) is 6.92. The molecule has 3 heteroatoms. The Hall–Kier alpha value is -0.120. The summed E-state index contributed by atoms with van der Waals surface area (Å²) in [4.78, 5) is 0. The van der Waals surface area contributed by atoms with Crippen LogP contribution in [0.5, 0.6) is 0 Å². The van der Waals surface area contributed by atoms with Crippen LogP contribution >= 0.6 is 0 Å². The molecular weight excluding hydrogens is 130 g/mol. The second-order valence-electron chi connectivity index (χ2n) is 3.12. The summed E-state index contributed by atoms with van der Waals surface area (Å²) in [5.41, 5.74) is 5.08. The van der Waals surface area contributed by atoms with Crippen LogP contribution in [-0.4, -0.2) is 30.0 Å². The van der Waals surface area contributed by atoms with E-state index in [4.69, 9.17) is 15.6 Å². The second kappa shape index (κ2) is 3.91. The molecule has 0 aromatic rings. The summed E-state index contributed by atoms with van der Waals surface area (Å²) >= 11 is 0. The van der Waals surface area contributed by atoms with Gasteiger partial charge in [0.1, 0.15) is 0 Å². The lowest BCUT2D eigenvalue weighted by Gasteiger charge is -2.23. The standard InChI is InChI=1S/C7H17NO2/c1-6(9)4-10-7(2,3)5-8/h6,9H,4-5,8H2,1-3H3. The van der Waals surface area contributed by atoms with Gasteiger partial charge in [-0.05, 0) is 20.8 Å². The van der Waals surface area contributed by atoms with E-state index in [9.17, 15) is 0 Å². The molecule has 0 amide bonds. The third kappa shape index (κ3) is 4.73.